The Balaban J connectivity index is 2.27. The van der Waals surface area contributed by atoms with Gasteiger partial charge in [-0.3, -0.25) is 0 Å². The fraction of sp³-hybridized carbons (Fsp3) is 0.455. The van der Waals surface area contributed by atoms with Gasteiger partial charge in [0.15, 0.2) is 0 Å². The summed E-state index contributed by atoms with van der Waals surface area (Å²) in [6.45, 7) is 5.87. The van der Waals surface area contributed by atoms with Crippen LogP contribution in [0.25, 0.3) is 0 Å². The van der Waals surface area contributed by atoms with Crippen LogP contribution >= 0.6 is 0 Å². The first kappa shape index (κ1) is 8.57. The summed E-state index contributed by atoms with van der Waals surface area (Å²) in [5, 5.41) is 0. The Labute approximate surface area is 79.1 Å². The van der Waals surface area contributed by atoms with E-state index in [-0.39, 0.29) is 5.54 Å². The van der Waals surface area contributed by atoms with Gasteiger partial charge in [0.05, 0.1) is 12.1 Å². The Morgan fingerprint density at radius 3 is 2.62 bits per heavy atom. The van der Waals surface area contributed by atoms with Crippen LogP contribution in [0.2, 0.25) is 0 Å². The molecule has 1 heterocycles. The third kappa shape index (κ3) is 1.54. The fourth-order valence-corrected chi connectivity index (χ4v) is 1.62. The van der Waals surface area contributed by atoms with Gasteiger partial charge in [-0.25, -0.2) is 0 Å². The number of anilines is 1. The predicted molar refractivity (Wildman–Crippen MR) is 52.7 cm³/mol. The first-order chi connectivity index (χ1) is 6.20. The Kier molecular flexibility index (Phi) is 2.00. The maximum atomic E-state index is 5.44. The fourth-order valence-electron chi connectivity index (χ4n) is 1.62. The molecule has 0 unspecified atom stereocenters. The summed E-state index contributed by atoms with van der Waals surface area (Å²) in [5.41, 5.74) is 1.32. The van der Waals surface area contributed by atoms with Crippen molar-refractivity contribution < 1.29 is 4.74 Å². The number of hydrogen-bond acceptors (Lipinski definition) is 2. The van der Waals surface area contributed by atoms with Gasteiger partial charge in [0.1, 0.15) is 6.73 Å². The summed E-state index contributed by atoms with van der Waals surface area (Å²) >= 11 is 0. The Morgan fingerprint density at radius 2 is 2.08 bits per heavy atom. The molecule has 69 valence electrons. The lowest BCUT2D eigenvalue weighted by Gasteiger charge is -2.30. The zero-order valence-electron chi connectivity index (χ0n) is 8.08. The summed E-state index contributed by atoms with van der Waals surface area (Å²) < 4.78 is 5.44. The van der Waals surface area contributed by atoms with Gasteiger partial charge in [-0.05, 0) is 32.0 Å². The minimum atomic E-state index is 0.112. The molecular weight excluding hydrogens is 162 g/mol. The number of hydrogen-bond donors (Lipinski definition) is 0. The van der Waals surface area contributed by atoms with Crippen molar-refractivity contribution in [1.29, 1.82) is 0 Å². The smallest absolute Gasteiger partial charge is 0.119 e. The zero-order valence-corrected chi connectivity index (χ0v) is 8.08. The maximum absolute atomic E-state index is 5.44. The molecule has 13 heavy (non-hydrogen) atoms. The molecule has 2 heteroatoms. The monoisotopic (exact) mass is 176 g/mol. The molecule has 1 aromatic carbocycles. The molecular formula is C11H14NO. The average molecular weight is 176 g/mol. The third-order valence-corrected chi connectivity index (χ3v) is 2.42. The average Bonchev–Trinajstić information content (AvgIpc) is 2.47. The minimum absolute atomic E-state index is 0.112. The van der Waals surface area contributed by atoms with Crippen molar-refractivity contribution in [3.8, 4) is 0 Å². The van der Waals surface area contributed by atoms with Crippen LogP contribution in [0, 0.1) is 6.07 Å². The quantitative estimate of drug-likeness (QED) is 0.649. The first-order valence-electron chi connectivity index (χ1n) is 4.52. The third-order valence-electron chi connectivity index (χ3n) is 2.42. The van der Waals surface area contributed by atoms with E-state index in [1.54, 1.807) is 0 Å². The van der Waals surface area contributed by atoms with E-state index >= 15 is 0 Å². The van der Waals surface area contributed by atoms with Gasteiger partial charge in [0.2, 0.25) is 0 Å². The van der Waals surface area contributed by atoms with E-state index in [4.69, 9.17) is 4.74 Å². The lowest BCUT2D eigenvalue weighted by atomic mass is 10.1. The van der Waals surface area contributed by atoms with Crippen molar-refractivity contribution in [2.45, 2.75) is 19.4 Å². The number of nitrogens with zero attached hydrogens (tertiary/aromatic N) is 1. The van der Waals surface area contributed by atoms with Gasteiger partial charge >= 0.3 is 0 Å². The van der Waals surface area contributed by atoms with E-state index in [0.717, 1.165) is 6.61 Å². The minimum Gasteiger partial charge on any atom is -0.359 e. The topological polar surface area (TPSA) is 12.5 Å². The van der Waals surface area contributed by atoms with Gasteiger partial charge in [-0.15, -0.1) is 0 Å². The molecule has 1 aromatic rings. The second-order valence-electron chi connectivity index (χ2n) is 3.98. The molecule has 1 fully saturated rings. The van der Waals surface area contributed by atoms with Crippen LogP contribution in [0.15, 0.2) is 24.3 Å². The van der Waals surface area contributed by atoms with Crippen LogP contribution in [0.3, 0.4) is 0 Å². The van der Waals surface area contributed by atoms with Crippen LogP contribution in [0.5, 0.6) is 0 Å². The van der Waals surface area contributed by atoms with Crippen molar-refractivity contribution in [2.24, 2.45) is 0 Å². The van der Waals surface area contributed by atoms with E-state index < -0.39 is 0 Å². The van der Waals surface area contributed by atoms with Crippen LogP contribution < -0.4 is 4.90 Å². The predicted octanol–water partition coefficient (Wildman–Crippen LogP) is 2.06. The van der Waals surface area contributed by atoms with Gasteiger partial charge in [0.25, 0.3) is 0 Å². The molecule has 0 spiro atoms. The molecule has 0 N–H and O–H groups in total. The van der Waals surface area contributed by atoms with E-state index in [1.165, 1.54) is 5.69 Å². The van der Waals surface area contributed by atoms with Crippen LogP contribution in [-0.4, -0.2) is 18.9 Å². The summed E-state index contributed by atoms with van der Waals surface area (Å²) in [4.78, 5) is 2.26. The summed E-state index contributed by atoms with van der Waals surface area (Å²) in [7, 11) is 0. The molecule has 1 saturated heterocycles. The molecule has 0 amide bonds. The highest BCUT2D eigenvalue weighted by molar-refractivity contribution is 5.48. The number of benzene rings is 1. The van der Waals surface area contributed by atoms with Crippen LogP contribution in [-0.2, 0) is 4.74 Å². The highest BCUT2D eigenvalue weighted by atomic mass is 16.5. The number of ether oxygens (including phenoxy) is 1. The summed E-state index contributed by atoms with van der Waals surface area (Å²) in [5.74, 6) is 0. The van der Waals surface area contributed by atoms with Crippen molar-refractivity contribution in [2.75, 3.05) is 18.2 Å². The molecule has 0 bridgehead atoms. The lowest BCUT2D eigenvalue weighted by Crippen LogP contribution is -2.40. The second-order valence-corrected chi connectivity index (χ2v) is 3.98. The van der Waals surface area contributed by atoms with Gasteiger partial charge in [-0.1, -0.05) is 12.1 Å². The van der Waals surface area contributed by atoms with Crippen LogP contribution in [0.4, 0.5) is 5.69 Å². The highest BCUT2D eigenvalue weighted by Gasteiger charge is 2.32. The highest BCUT2D eigenvalue weighted by Crippen LogP contribution is 2.27. The second kappa shape index (κ2) is 3.04. The molecule has 2 nitrogen and oxygen atoms in total. The van der Waals surface area contributed by atoms with E-state index in [0.29, 0.717) is 6.73 Å². The molecule has 1 aliphatic rings. The van der Waals surface area contributed by atoms with Crippen molar-refractivity contribution >= 4 is 5.69 Å². The number of rotatable bonds is 1. The standard InChI is InChI=1S/C11H14NO/c1-11(2)8-13-9-12(11)10-6-4-3-5-7-10/h4-7H,8-9H2,1-2H3. The van der Waals surface area contributed by atoms with Crippen molar-refractivity contribution in [3.63, 3.8) is 0 Å². The van der Waals surface area contributed by atoms with Gasteiger partial charge < -0.3 is 9.64 Å². The van der Waals surface area contributed by atoms with Crippen molar-refractivity contribution in [1.82, 2.24) is 0 Å². The zero-order chi connectivity index (χ0) is 9.31. The van der Waals surface area contributed by atoms with E-state index in [9.17, 15) is 0 Å². The Bertz CT molecular complexity index is 281. The Morgan fingerprint density at radius 1 is 1.38 bits per heavy atom. The van der Waals surface area contributed by atoms with E-state index in [2.05, 4.69) is 36.9 Å². The molecule has 0 aliphatic carbocycles. The lowest BCUT2D eigenvalue weighted by molar-refractivity contribution is 0.184. The SMILES string of the molecule is CC1(C)COCN1c1cc[c]cc1. The van der Waals surface area contributed by atoms with Crippen molar-refractivity contribution in [3.05, 3.63) is 30.3 Å². The van der Waals surface area contributed by atoms with E-state index in [1.807, 2.05) is 12.1 Å². The molecule has 1 radical (unpaired) electrons. The summed E-state index contributed by atoms with van der Waals surface area (Å²) in [6, 6.07) is 11.0. The normalized spacial score (nSPS) is 20.6. The van der Waals surface area contributed by atoms with Gasteiger partial charge in [0, 0.05) is 5.69 Å². The molecule has 0 atom stereocenters. The molecule has 1 aliphatic heterocycles. The maximum Gasteiger partial charge on any atom is 0.119 e. The Hall–Kier alpha value is -1.02. The van der Waals surface area contributed by atoms with Crippen LogP contribution in [0.1, 0.15) is 13.8 Å². The first-order valence-corrected chi connectivity index (χ1v) is 4.52. The molecule has 0 aromatic heterocycles. The molecule has 2 rings (SSSR count). The summed E-state index contributed by atoms with van der Waals surface area (Å²) in [6.07, 6.45) is 0. The largest absolute Gasteiger partial charge is 0.359 e. The molecule has 0 saturated carbocycles. The van der Waals surface area contributed by atoms with Gasteiger partial charge in [-0.2, -0.15) is 0 Å².